The zero-order chi connectivity index (χ0) is 15.6. The van der Waals surface area contributed by atoms with Gasteiger partial charge in [0.25, 0.3) is 0 Å². The largest absolute Gasteiger partial charge is 0.394 e. The summed E-state index contributed by atoms with van der Waals surface area (Å²) in [5.74, 6) is 0. The molecule has 0 amide bonds. The van der Waals surface area contributed by atoms with Gasteiger partial charge in [-0.1, -0.05) is 6.07 Å². The highest BCUT2D eigenvalue weighted by Gasteiger charge is 2.35. The van der Waals surface area contributed by atoms with E-state index in [9.17, 15) is 13.5 Å². The molecule has 1 heterocycles. The molecule has 1 fully saturated rings. The number of sulfonamides is 1. The molecule has 1 aromatic rings. The van der Waals surface area contributed by atoms with Crippen molar-refractivity contribution in [2.45, 2.75) is 37.4 Å². The third kappa shape index (κ3) is 3.27. The summed E-state index contributed by atoms with van der Waals surface area (Å²) in [4.78, 5) is 0.252. The van der Waals surface area contributed by atoms with Crippen LogP contribution in [0.3, 0.4) is 0 Å². The Morgan fingerprint density at radius 3 is 2.76 bits per heavy atom. The summed E-state index contributed by atoms with van der Waals surface area (Å²) in [5, 5.41) is 9.18. The van der Waals surface area contributed by atoms with E-state index >= 15 is 0 Å². The van der Waals surface area contributed by atoms with Gasteiger partial charge in [0.2, 0.25) is 10.0 Å². The number of hydrogen-bond donors (Lipinski definition) is 2. The first-order valence-electron chi connectivity index (χ1n) is 6.94. The second-order valence-corrected chi connectivity index (χ2v) is 7.24. The number of rotatable bonds is 4. The van der Waals surface area contributed by atoms with E-state index in [-0.39, 0.29) is 30.7 Å². The second kappa shape index (κ2) is 6.41. The Labute approximate surface area is 125 Å². The molecule has 2 rings (SSSR count). The Kier molecular flexibility index (Phi) is 5.00. The van der Waals surface area contributed by atoms with Crippen LogP contribution in [0.2, 0.25) is 0 Å². The third-order valence-corrected chi connectivity index (χ3v) is 5.77. The van der Waals surface area contributed by atoms with Crippen molar-refractivity contribution in [2.24, 2.45) is 5.73 Å². The number of hydrogen-bond acceptors (Lipinski definition) is 5. The molecule has 7 heteroatoms. The van der Waals surface area contributed by atoms with Crippen molar-refractivity contribution in [3.8, 4) is 0 Å². The molecule has 0 radical (unpaired) electrons. The first kappa shape index (κ1) is 16.4. The summed E-state index contributed by atoms with van der Waals surface area (Å²) in [6.45, 7) is 4.28. The molecule has 2 unspecified atom stereocenters. The van der Waals surface area contributed by atoms with E-state index < -0.39 is 16.1 Å². The van der Waals surface area contributed by atoms with Gasteiger partial charge >= 0.3 is 0 Å². The number of benzene rings is 1. The minimum absolute atomic E-state index is 0.164. The maximum atomic E-state index is 12.8. The van der Waals surface area contributed by atoms with Gasteiger partial charge in [-0.15, -0.1) is 0 Å². The SMILES string of the molecule is Cc1cc(S(=O)(=O)N2CC(CO)OCC2C)ccc1CN. The van der Waals surface area contributed by atoms with Crippen molar-refractivity contribution in [3.63, 3.8) is 0 Å². The van der Waals surface area contributed by atoms with Gasteiger partial charge < -0.3 is 15.6 Å². The van der Waals surface area contributed by atoms with Gasteiger partial charge in [0.05, 0.1) is 24.2 Å². The highest BCUT2D eigenvalue weighted by atomic mass is 32.2. The smallest absolute Gasteiger partial charge is 0.243 e. The fraction of sp³-hybridized carbons (Fsp3) is 0.571. The van der Waals surface area contributed by atoms with Crippen LogP contribution < -0.4 is 5.73 Å². The molecule has 0 spiro atoms. The normalized spacial score (nSPS) is 24.2. The van der Waals surface area contributed by atoms with Crippen LogP contribution in [-0.4, -0.2) is 49.7 Å². The Morgan fingerprint density at radius 1 is 1.48 bits per heavy atom. The minimum Gasteiger partial charge on any atom is -0.394 e. The van der Waals surface area contributed by atoms with Crippen LogP contribution in [0.15, 0.2) is 23.1 Å². The number of nitrogens with two attached hydrogens (primary N) is 1. The lowest BCUT2D eigenvalue weighted by Crippen LogP contribution is -2.51. The van der Waals surface area contributed by atoms with Crippen molar-refractivity contribution < 1.29 is 18.3 Å². The molecular weight excluding hydrogens is 292 g/mol. The maximum absolute atomic E-state index is 12.8. The fourth-order valence-electron chi connectivity index (χ4n) is 2.43. The molecule has 118 valence electrons. The molecule has 0 saturated carbocycles. The van der Waals surface area contributed by atoms with Crippen LogP contribution in [0.4, 0.5) is 0 Å². The van der Waals surface area contributed by atoms with E-state index in [4.69, 9.17) is 10.5 Å². The Balaban J connectivity index is 2.34. The summed E-state index contributed by atoms with van der Waals surface area (Å²) in [5.41, 5.74) is 7.39. The predicted molar refractivity (Wildman–Crippen MR) is 79.3 cm³/mol. The Morgan fingerprint density at radius 2 is 2.19 bits per heavy atom. The zero-order valence-corrected chi connectivity index (χ0v) is 13.1. The molecule has 0 aromatic heterocycles. The highest BCUT2D eigenvalue weighted by Crippen LogP contribution is 2.24. The summed E-state index contributed by atoms with van der Waals surface area (Å²) < 4.78 is 32.3. The molecular formula is C14H22N2O4S. The zero-order valence-electron chi connectivity index (χ0n) is 12.3. The van der Waals surface area contributed by atoms with Gasteiger partial charge in [-0.3, -0.25) is 0 Å². The molecule has 1 saturated heterocycles. The fourth-order valence-corrected chi connectivity index (χ4v) is 4.16. The van der Waals surface area contributed by atoms with E-state index in [0.717, 1.165) is 11.1 Å². The summed E-state index contributed by atoms with van der Waals surface area (Å²) >= 11 is 0. The second-order valence-electron chi connectivity index (χ2n) is 5.35. The van der Waals surface area contributed by atoms with Crippen LogP contribution in [0, 0.1) is 6.92 Å². The van der Waals surface area contributed by atoms with E-state index in [1.54, 1.807) is 25.1 Å². The lowest BCUT2D eigenvalue weighted by atomic mass is 10.1. The number of aryl methyl sites for hydroxylation is 1. The average molecular weight is 314 g/mol. The summed E-state index contributed by atoms with van der Waals surface area (Å²) in [6.07, 6.45) is -0.472. The molecule has 21 heavy (non-hydrogen) atoms. The van der Waals surface area contributed by atoms with Crippen molar-refractivity contribution in [3.05, 3.63) is 29.3 Å². The van der Waals surface area contributed by atoms with Crippen molar-refractivity contribution in [1.29, 1.82) is 0 Å². The van der Waals surface area contributed by atoms with Gasteiger partial charge in [-0.25, -0.2) is 8.42 Å². The average Bonchev–Trinajstić information content (AvgIpc) is 2.47. The number of nitrogens with zero attached hydrogens (tertiary/aromatic N) is 1. The molecule has 3 N–H and O–H groups in total. The first-order valence-corrected chi connectivity index (χ1v) is 8.38. The van der Waals surface area contributed by atoms with Gasteiger partial charge in [0.1, 0.15) is 0 Å². The molecule has 1 aliphatic heterocycles. The van der Waals surface area contributed by atoms with Crippen LogP contribution in [0.25, 0.3) is 0 Å². The Hall–Kier alpha value is -0.990. The molecule has 1 aliphatic rings. The van der Waals surface area contributed by atoms with Gasteiger partial charge in [0.15, 0.2) is 0 Å². The van der Waals surface area contributed by atoms with Gasteiger partial charge in [-0.05, 0) is 37.1 Å². The summed E-state index contributed by atoms with van der Waals surface area (Å²) in [7, 11) is -3.60. The molecule has 1 aromatic carbocycles. The maximum Gasteiger partial charge on any atom is 0.243 e. The van der Waals surface area contributed by atoms with Crippen molar-refractivity contribution in [2.75, 3.05) is 19.8 Å². The molecule has 2 atom stereocenters. The summed E-state index contributed by atoms with van der Waals surface area (Å²) in [6, 6.07) is 4.72. The number of morpholine rings is 1. The van der Waals surface area contributed by atoms with E-state index in [1.807, 2.05) is 6.92 Å². The van der Waals surface area contributed by atoms with Crippen molar-refractivity contribution >= 4 is 10.0 Å². The number of aliphatic hydroxyl groups is 1. The van der Waals surface area contributed by atoms with Gasteiger partial charge in [-0.2, -0.15) is 4.31 Å². The van der Waals surface area contributed by atoms with Crippen LogP contribution in [-0.2, 0) is 21.3 Å². The lowest BCUT2D eigenvalue weighted by molar-refractivity contribution is -0.0516. The molecule has 6 nitrogen and oxygen atoms in total. The lowest BCUT2D eigenvalue weighted by Gasteiger charge is -2.36. The minimum atomic E-state index is -3.60. The van der Waals surface area contributed by atoms with Crippen LogP contribution >= 0.6 is 0 Å². The van der Waals surface area contributed by atoms with Crippen LogP contribution in [0.5, 0.6) is 0 Å². The number of ether oxygens (including phenoxy) is 1. The number of aliphatic hydroxyl groups excluding tert-OH is 1. The molecule has 0 bridgehead atoms. The van der Waals surface area contributed by atoms with Crippen molar-refractivity contribution in [1.82, 2.24) is 4.31 Å². The van der Waals surface area contributed by atoms with E-state index in [2.05, 4.69) is 0 Å². The van der Waals surface area contributed by atoms with Crippen LogP contribution in [0.1, 0.15) is 18.1 Å². The highest BCUT2D eigenvalue weighted by molar-refractivity contribution is 7.89. The van der Waals surface area contributed by atoms with Gasteiger partial charge in [0, 0.05) is 19.1 Å². The van der Waals surface area contributed by atoms with E-state index in [1.165, 1.54) is 4.31 Å². The third-order valence-electron chi connectivity index (χ3n) is 3.79. The molecule has 0 aliphatic carbocycles. The monoisotopic (exact) mass is 314 g/mol. The topological polar surface area (TPSA) is 92.9 Å². The predicted octanol–water partition coefficient (Wildman–Crippen LogP) is 0.224. The first-order chi connectivity index (χ1) is 9.90. The Bertz CT molecular complexity index is 603. The standard InChI is InChI=1S/C14H22N2O4S/c1-10-5-14(4-3-12(10)6-15)21(18,19)16-7-13(8-17)20-9-11(16)2/h3-5,11,13,17H,6-9,15H2,1-2H3. The van der Waals surface area contributed by atoms with E-state index in [0.29, 0.717) is 6.54 Å². The quantitative estimate of drug-likeness (QED) is 0.829.